The van der Waals surface area contributed by atoms with Crippen LogP contribution < -0.4 is 54.0 Å². The zero-order valence-electron chi connectivity index (χ0n) is 37.8. The van der Waals surface area contributed by atoms with E-state index in [1.807, 2.05) is 0 Å². The number of aliphatic hydroxyl groups excluding tert-OH is 1. The molecule has 1 aliphatic rings. The molecule has 0 aromatic carbocycles. The Balaban J connectivity index is 3.00. The molecule has 372 valence electrons. The highest BCUT2D eigenvalue weighted by atomic mass is 16.5. The van der Waals surface area contributed by atoms with Crippen molar-refractivity contribution in [2.24, 2.45) is 23.3 Å². The quantitative estimate of drug-likeness (QED) is 0.0151. The number of hydrogen-bond acceptors (Lipinski definition) is 16. The number of carboxylic acid groups (broad SMARTS) is 1. The van der Waals surface area contributed by atoms with E-state index in [2.05, 4.69) is 42.5 Å². The minimum atomic E-state index is -1.70. The molecule has 1 heterocycles. The van der Waals surface area contributed by atoms with E-state index in [1.165, 1.54) is 34.6 Å². The second kappa shape index (κ2) is 28.6. The van der Waals surface area contributed by atoms with Gasteiger partial charge in [0.2, 0.25) is 47.8 Å². The summed E-state index contributed by atoms with van der Waals surface area (Å²) in [6, 6.07) is -8.93. The van der Waals surface area contributed by atoms with Gasteiger partial charge in [-0.25, -0.2) is 10.1 Å². The third kappa shape index (κ3) is 19.0. The number of amides is 10. The largest absolute Gasteiger partial charge is 0.481 e. The Morgan fingerprint density at radius 1 is 0.818 bits per heavy atom. The van der Waals surface area contributed by atoms with E-state index in [0.29, 0.717) is 16.5 Å². The molecule has 16 N–H and O–H groups in total. The second-order valence-corrected chi connectivity index (χ2v) is 15.8. The van der Waals surface area contributed by atoms with Gasteiger partial charge in [-0.1, -0.05) is 13.0 Å². The van der Waals surface area contributed by atoms with Crippen LogP contribution in [0.15, 0.2) is 11.8 Å². The Hall–Kier alpha value is -6.29. The predicted octanol–water partition coefficient (Wildman–Crippen LogP) is -5.49. The number of hydroxylamine groups is 4. The topological polar surface area (TPSA) is 423 Å². The number of nitrogens with zero attached hydrogens (tertiary/aromatic N) is 2. The molecule has 10 atom stereocenters. The first-order valence-corrected chi connectivity index (χ1v) is 21.2. The highest BCUT2D eigenvalue weighted by Gasteiger charge is 2.37. The summed E-state index contributed by atoms with van der Waals surface area (Å²) in [5.74, 6) is -12.2. The highest BCUT2D eigenvalue weighted by molar-refractivity contribution is 6.01. The number of carbonyl (C=O) groups is 11. The van der Waals surface area contributed by atoms with Gasteiger partial charge >= 0.3 is 5.97 Å². The fourth-order valence-corrected chi connectivity index (χ4v) is 6.15. The van der Waals surface area contributed by atoms with Crippen LogP contribution >= 0.6 is 0 Å². The minimum absolute atomic E-state index is 0.0558. The molecule has 1 aliphatic heterocycles. The number of allylic oxidation sites excluding steroid dienone is 1. The normalized spacial score (nSPS) is 17.9. The first-order chi connectivity index (χ1) is 30.9. The van der Waals surface area contributed by atoms with Gasteiger partial charge in [0.15, 0.2) is 0 Å². The lowest BCUT2D eigenvalue weighted by molar-refractivity contribution is -0.173. The van der Waals surface area contributed by atoms with E-state index in [9.17, 15) is 73.4 Å². The Morgan fingerprint density at radius 3 is 1.98 bits per heavy atom. The van der Waals surface area contributed by atoms with Crippen LogP contribution in [0.1, 0.15) is 80.1 Å². The predicted molar refractivity (Wildman–Crippen MR) is 228 cm³/mol. The van der Waals surface area contributed by atoms with Crippen molar-refractivity contribution < 1.29 is 73.4 Å². The third-order valence-electron chi connectivity index (χ3n) is 10.4. The van der Waals surface area contributed by atoms with Gasteiger partial charge in [0, 0.05) is 19.1 Å². The number of aliphatic hydroxyl groups is 1. The van der Waals surface area contributed by atoms with Crippen molar-refractivity contribution in [2.75, 3.05) is 26.2 Å². The smallest absolute Gasteiger partial charge is 0.308 e. The molecule has 0 bridgehead atoms. The average Bonchev–Trinajstić information content (AvgIpc) is 3.27. The third-order valence-corrected chi connectivity index (χ3v) is 10.4. The van der Waals surface area contributed by atoms with Gasteiger partial charge in [0.25, 0.3) is 11.8 Å². The SMILES string of the molecule is CC=C(NC(=O)CNC(=O)C(C)NC(=O)C(NC(=O)C(C)C(O)C(C)N)C(C)C(=O)O)C(=O)NC(CCCN(O)C=O)C(=O)NC(C)C(=O)NC(CCCN)C(=O)NC1CCCN(O)C1=O. The standard InChI is InChI=1S/C39H66N12O15/c1-7-24(45-28(53)17-42-32(56)22(5)44-37(61)29(19(2)39(63)64)49-31(55)20(3)30(54)21(4)41)34(58)47-26(12-9-15-50(65)18-52)35(59)43-23(6)33(57)46-25(11-8-14-40)36(60)48-27-13-10-16-51(66)38(27)62/h7,18-23,25-27,29-30,54,65-66H,8-17,40-41H2,1-6H3,(H,42,56)(H,43,59)(H,44,61)(H,45,53)(H,46,57)(H,47,58)(H,48,60)(H,49,55)(H,63,64). The number of aliphatic carboxylic acids is 1. The number of carbonyl (C=O) groups excluding carboxylic acids is 10. The Labute approximate surface area is 380 Å². The Morgan fingerprint density at radius 2 is 1.41 bits per heavy atom. The van der Waals surface area contributed by atoms with Gasteiger partial charge < -0.3 is 64.2 Å². The molecule has 1 saturated heterocycles. The van der Waals surface area contributed by atoms with E-state index in [-0.39, 0.29) is 58.1 Å². The van der Waals surface area contributed by atoms with Crippen LogP contribution in [-0.4, -0.2) is 171 Å². The van der Waals surface area contributed by atoms with Crippen molar-refractivity contribution in [3.05, 3.63) is 11.8 Å². The van der Waals surface area contributed by atoms with Gasteiger partial charge in [-0.05, 0) is 79.7 Å². The van der Waals surface area contributed by atoms with Gasteiger partial charge in [-0.2, -0.15) is 0 Å². The van der Waals surface area contributed by atoms with Crippen LogP contribution in [0, 0.1) is 11.8 Å². The number of rotatable bonds is 28. The monoisotopic (exact) mass is 942 g/mol. The van der Waals surface area contributed by atoms with Gasteiger partial charge in [-0.15, -0.1) is 0 Å². The van der Waals surface area contributed by atoms with Gasteiger partial charge in [0.05, 0.1) is 24.5 Å². The van der Waals surface area contributed by atoms with Crippen LogP contribution in [0.5, 0.6) is 0 Å². The maximum Gasteiger partial charge on any atom is 0.308 e. The fraction of sp³-hybridized carbons (Fsp3) is 0.667. The van der Waals surface area contributed by atoms with Crippen molar-refractivity contribution in [3.63, 3.8) is 0 Å². The molecule has 66 heavy (non-hydrogen) atoms. The van der Waals surface area contributed by atoms with E-state index in [0.717, 1.165) is 13.0 Å². The molecule has 1 rings (SSSR count). The van der Waals surface area contributed by atoms with E-state index >= 15 is 0 Å². The van der Waals surface area contributed by atoms with Crippen molar-refractivity contribution in [1.29, 1.82) is 0 Å². The molecule has 27 heteroatoms. The van der Waals surface area contributed by atoms with Crippen molar-refractivity contribution in [3.8, 4) is 0 Å². The average molecular weight is 943 g/mol. The molecule has 0 aromatic heterocycles. The molecule has 1 fully saturated rings. The first-order valence-electron chi connectivity index (χ1n) is 21.2. The molecule has 27 nitrogen and oxygen atoms in total. The van der Waals surface area contributed by atoms with Crippen LogP contribution in [-0.2, 0) is 52.7 Å². The van der Waals surface area contributed by atoms with Crippen molar-refractivity contribution >= 4 is 65.5 Å². The summed E-state index contributed by atoms with van der Waals surface area (Å²) in [6.07, 6.45) is 0.670. The van der Waals surface area contributed by atoms with Crippen LogP contribution in [0.4, 0.5) is 0 Å². The second-order valence-electron chi connectivity index (χ2n) is 15.8. The van der Waals surface area contributed by atoms with Gasteiger partial charge in [0.1, 0.15) is 41.9 Å². The molecular formula is C39H66N12O15. The Bertz CT molecular complexity index is 1780. The lowest BCUT2D eigenvalue weighted by atomic mass is 9.96. The van der Waals surface area contributed by atoms with Gasteiger partial charge in [-0.3, -0.25) is 63.2 Å². The number of nitrogens with two attached hydrogens (primary N) is 2. The van der Waals surface area contributed by atoms with E-state index < -0.39 is 132 Å². The number of carboxylic acids is 1. The summed E-state index contributed by atoms with van der Waals surface area (Å²) in [5, 5.41) is 58.6. The Kier molecular flexibility index (Phi) is 25.0. The molecule has 0 radical (unpaired) electrons. The van der Waals surface area contributed by atoms with E-state index in [1.54, 1.807) is 0 Å². The maximum atomic E-state index is 13.5. The summed E-state index contributed by atoms with van der Waals surface area (Å²) in [5.41, 5.74) is 10.8. The fourth-order valence-electron chi connectivity index (χ4n) is 6.15. The molecular weight excluding hydrogens is 876 g/mol. The summed E-state index contributed by atoms with van der Waals surface area (Å²) in [7, 11) is 0. The molecule has 0 aliphatic carbocycles. The summed E-state index contributed by atoms with van der Waals surface area (Å²) in [4.78, 5) is 140. The maximum absolute atomic E-state index is 13.5. The molecule has 0 spiro atoms. The summed E-state index contributed by atoms with van der Waals surface area (Å²) in [6.45, 7) is 6.94. The van der Waals surface area contributed by atoms with Crippen molar-refractivity contribution in [1.82, 2.24) is 52.7 Å². The summed E-state index contributed by atoms with van der Waals surface area (Å²) >= 11 is 0. The van der Waals surface area contributed by atoms with Crippen LogP contribution in [0.3, 0.4) is 0 Å². The lowest BCUT2D eigenvalue weighted by Gasteiger charge is -2.29. The molecule has 10 unspecified atom stereocenters. The lowest BCUT2D eigenvalue weighted by Crippen LogP contribution is -2.58. The molecule has 0 aromatic rings. The zero-order valence-corrected chi connectivity index (χ0v) is 37.8. The zero-order chi connectivity index (χ0) is 50.4. The summed E-state index contributed by atoms with van der Waals surface area (Å²) < 4.78 is 0. The number of nitrogens with one attached hydrogen (secondary N) is 8. The highest BCUT2D eigenvalue weighted by Crippen LogP contribution is 2.12. The minimum Gasteiger partial charge on any atom is -0.481 e. The van der Waals surface area contributed by atoms with E-state index in [4.69, 9.17) is 11.5 Å². The first kappa shape index (κ1) is 57.7. The molecule has 0 saturated carbocycles. The van der Waals surface area contributed by atoms with Crippen LogP contribution in [0.25, 0.3) is 0 Å². The van der Waals surface area contributed by atoms with Crippen LogP contribution in [0.2, 0.25) is 0 Å². The molecule has 10 amide bonds. The number of piperidine rings is 1. The van der Waals surface area contributed by atoms with Crippen molar-refractivity contribution in [2.45, 2.75) is 128 Å². The number of hydrogen-bond donors (Lipinski definition) is 14.